The molecule has 3 N–H and O–H groups in total. The second-order valence-corrected chi connectivity index (χ2v) is 9.90. The number of carbonyl (C=O) groups is 2. The minimum Gasteiger partial charge on any atom is -0.369 e. The van der Waals surface area contributed by atoms with Crippen molar-refractivity contribution in [3.05, 3.63) is 65.7 Å². The maximum atomic E-state index is 13.3. The highest BCUT2D eigenvalue weighted by molar-refractivity contribution is 6.06. The van der Waals surface area contributed by atoms with E-state index in [2.05, 4.69) is 23.5 Å². The first-order valence-corrected chi connectivity index (χ1v) is 12.4. The molecule has 182 valence electrons. The standard InChI is InChI=1S/C28H33N5O2/c1-33-26(35)28(32-27(33)30,15-14-20-6-3-2-4-7-20)18-23-9-5-8-22(16-23)17-25(34)31-24-12-10-21(19-29)11-13-24/h2-4,6-7,10-13,22-23H,5,8-9,14-18H2,1H3,(H2,30,32)(H,31,34)/t22?,23-,28+/m0/s1. The molecule has 35 heavy (non-hydrogen) atoms. The van der Waals surface area contributed by atoms with Gasteiger partial charge in [0.05, 0.1) is 11.6 Å². The molecule has 1 fully saturated rings. The van der Waals surface area contributed by atoms with E-state index >= 15 is 0 Å². The fourth-order valence-corrected chi connectivity index (χ4v) is 5.50. The van der Waals surface area contributed by atoms with E-state index in [1.54, 1.807) is 31.3 Å². The fourth-order valence-electron chi connectivity index (χ4n) is 5.50. The number of benzene rings is 2. The van der Waals surface area contributed by atoms with Crippen LogP contribution in [-0.4, -0.2) is 35.3 Å². The minimum atomic E-state index is -0.827. The van der Waals surface area contributed by atoms with Crippen molar-refractivity contribution >= 4 is 23.5 Å². The second kappa shape index (κ2) is 10.7. The average molecular weight is 472 g/mol. The van der Waals surface area contributed by atoms with Crippen LogP contribution in [0.5, 0.6) is 0 Å². The van der Waals surface area contributed by atoms with Gasteiger partial charge in [-0.2, -0.15) is 5.26 Å². The van der Waals surface area contributed by atoms with Gasteiger partial charge in [0.1, 0.15) is 5.54 Å². The second-order valence-electron chi connectivity index (χ2n) is 9.90. The zero-order valence-corrected chi connectivity index (χ0v) is 20.2. The Kier molecular flexibility index (Phi) is 7.50. The maximum Gasteiger partial charge on any atom is 0.257 e. The first-order valence-electron chi connectivity index (χ1n) is 12.4. The van der Waals surface area contributed by atoms with E-state index in [4.69, 9.17) is 16.0 Å². The number of anilines is 1. The number of likely N-dealkylation sites (N-methyl/N-ethyl adjacent to an activating group) is 1. The van der Waals surface area contributed by atoms with Gasteiger partial charge >= 0.3 is 0 Å². The van der Waals surface area contributed by atoms with Gasteiger partial charge in [-0.3, -0.25) is 14.5 Å². The van der Waals surface area contributed by atoms with Crippen LogP contribution in [0.1, 0.15) is 56.1 Å². The number of hydrogen-bond donors (Lipinski definition) is 2. The predicted octanol–water partition coefficient (Wildman–Crippen LogP) is 4.24. The summed E-state index contributed by atoms with van der Waals surface area (Å²) < 4.78 is 0. The van der Waals surface area contributed by atoms with Gasteiger partial charge in [0.25, 0.3) is 5.91 Å². The van der Waals surface area contributed by atoms with Crippen molar-refractivity contribution in [2.45, 2.75) is 56.9 Å². The van der Waals surface area contributed by atoms with E-state index in [0.717, 1.165) is 32.1 Å². The number of nitrogens with zero attached hydrogens (tertiary/aromatic N) is 3. The van der Waals surface area contributed by atoms with Crippen LogP contribution < -0.4 is 11.1 Å². The summed E-state index contributed by atoms with van der Waals surface area (Å²) in [6.45, 7) is 0. The van der Waals surface area contributed by atoms with E-state index in [1.807, 2.05) is 18.2 Å². The molecular weight excluding hydrogens is 438 g/mol. The number of aryl methyl sites for hydroxylation is 1. The summed E-state index contributed by atoms with van der Waals surface area (Å²) in [6, 6.07) is 19.1. The largest absolute Gasteiger partial charge is 0.369 e. The molecule has 2 aliphatic rings. The molecule has 4 rings (SSSR count). The Balaban J connectivity index is 1.39. The van der Waals surface area contributed by atoms with E-state index < -0.39 is 5.54 Å². The Morgan fingerprint density at radius 2 is 1.89 bits per heavy atom. The molecule has 7 nitrogen and oxygen atoms in total. The highest BCUT2D eigenvalue weighted by Crippen LogP contribution is 2.40. The predicted molar refractivity (Wildman–Crippen MR) is 136 cm³/mol. The summed E-state index contributed by atoms with van der Waals surface area (Å²) in [5.74, 6) is 0.843. The molecular formula is C28H33N5O2. The fraction of sp³-hybridized carbons (Fsp3) is 0.429. The highest BCUT2D eigenvalue weighted by Gasteiger charge is 2.47. The summed E-state index contributed by atoms with van der Waals surface area (Å²) in [6.07, 6.45) is 6.49. The van der Waals surface area contributed by atoms with E-state index in [9.17, 15) is 9.59 Å². The van der Waals surface area contributed by atoms with Crippen molar-refractivity contribution in [1.82, 2.24) is 4.90 Å². The van der Waals surface area contributed by atoms with Crippen molar-refractivity contribution in [1.29, 1.82) is 5.26 Å². The Hall–Kier alpha value is -3.66. The Morgan fingerprint density at radius 1 is 1.17 bits per heavy atom. The van der Waals surface area contributed by atoms with Crippen molar-refractivity contribution in [2.75, 3.05) is 12.4 Å². The molecule has 7 heteroatoms. The van der Waals surface area contributed by atoms with Crippen molar-refractivity contribution < 1.29 is 9.59 Å². The molecule has 0 spiro atoms. The van der Waals surface area contributed by atoms with Crippen LogP contribution in [0, 0.1) is 23.2 Å². The summed E-state index contributed by atoms with van der Waals surface area (Å²) in [7, 11) is 1.70. The SMILES string of the molecule is CN1C(=O)[C@@](CCc2ccccc2)(C[C@H]2CCCC(CC(=O)Nc3ccc(C#N)cc3)C2)N=C1N. The van der Waals surface area contributed by atoms with Gasteiger partial charge < -0.3 is 11.1 Å². The van der Waals surface area contributed by atoms with Crippen LogP contribution in [0.4, 0.5) is 5.69 Å². The lowest BCUT2D eigenvalue weighted by Gasteiger charge is -2.34. The van der Waals surface area contributed by atoms with Gasteiger partial charge in [0.15, 0.2) is 5.96 Å². The van der Waals surface area contributed by atoms with Crippen LogP contribution in [0.15, 0.2) is 59.6 Å². The molecule has 3 atom stereocenters. The van der Waals surface area contributed by atoms with Gasteiger partial charge in [-0.05, 0) is 73.8 Å². The molecule has 0 bridgehead atoms. The summed E-state index contributed by atoms with van der Waals surface area (Å²) in [5.41, 5.74) is 7.71. The molecule has 1 aliphatic carbocycles. The van der Waals surface area contributed by atoms with Gasteiger partial charge in [-0.15, -0.1) is 0 Å². The minimum absolute atomic E-state index is 0.0157. The van der Waals surface area contributed by atoms with Crippen LogP contribution in [0.2, 0.25) is 0 Å². The summed E-state index contributed by atoms with van der Waals surface area (Å²) in [5, 5.41) is 11.9. The molecule has 0 saturated heterocycles. The number of nitriles is 1. The zero-order chi connectivity index (χ0) is 24.8. The van der Waals surface area contributed by atoms with Gasteiger partial charge in [-0.1, -0.05) is 43.2 Å². The number of nitrogens with two attached hydrogens (primary N) is 1. The van der Waals surface area contributed by atoms with Crippen molar-refractivity contribution in [3.8, 4) is 6.07 Å². The third kappa shape index (κ3) is 5.89. The number of aliphatic imine (C=N–C) groups is 1. The summed E-state index contributed by atoms with van der Waals surface area (Å²) in [4.78, 5) is 32.2. The molecule has 1 aliphatic heterocycles. The third-order valence-corrected chi connectivity index (χ3v) is 7.33. The monoisotopic (exact) mass is 471 g/mol. The van der Waals surface area contributed by atoms with E-state index in [1.165, 1.54) is 10.5 Å². The topological polar surface area (TPSA) is 112 Å². The quantitative estimate of drug-likeness (QED) is 0.600. The smallest absolute Gasteiger partial charge is 0.257 e. The Morgan fingerprint density at radius 3 is 2.54 bits per heavy atom. The molecule has 2 aromatic rings. The lowest BCUT2D eigenvalue weighted by molar-refractivity contribution is -0.131. The Labute approximate surface area is 207 Å². The number of hydrogen-bond acceptors (Lipinski definition) is 5. The van der Waals surface area contributed by atoms with Gasteiger partial charge in [-0.25, -0.2) is 4.99 Å². The van der Waals surface area contributed by atoms with Crippen LogP contribution in [-0.2, 0) is 16.0 Å². The maximum absolute atomic E-state index is 13.3. The van der Waals surface area contributed by atoms with Gasteiger partial charge in [0, 0.05) is 19.2 Å². The number of carbonyl (C=O) groups excluding carboxylic acids is 2. The number of nitrogens with one attached hydrogen (secondary N) is 1. The molecule has 2 amide bonds. The molecule has 0 radical (unpaired) electrons. The normalized spacial score (nSPS) is 24.1. The number of guanidine groups is 1. The molecule has 1 heterocycles. The molecule has 1 unspecified atom stereocenters. The molecule has 1 saturated carbocycles. The lowest BCUT2D eigenvalue weighted by atomic mass is 9.73. The number of rotatable bonds is 8. The molecule has 0 aromatic heterocycles. The van der Waals surface area contributed by atoms with Crippen LogP contribution >= 0.6 is 0 Å². The molecule has 2 aromatic carbocycles. The third-order valence-electron chi connectivity index (χ3n) is 7.33. The Bertz CT molecular complexity index is 1120. The van der Waals surface area contributed by atoms with Crippen molar-refractivity contribution in [2.24, 2.45) is 22.6 Å². The first kappa shape index (κ1) is 24.5. The average Bonchev–Trinajstić information content (AvgIpc) is 3.07. The summed E-state index contributed by atoms with van der Waals surface area (Å²) >= 11 is 0. The zero-order valence-electron chi connectivity index (χ0n) is 20.2. The number of amides is 2. The highest BCUT2D eigenvalue weighted by atomic mass is 16.2. The van der Waals surface area contributed by atoms with Crippen LogP contribution in [0.3, 0.4) is 0 Å². The lowest BCUT2D eigenvalue weighted by Crippen LogP contribution is -2.44. The van der Waals surface area contributed by atoms with Crippen LogP contribution in [0.25, 0.3) is 0 Å². The van der Waals surface area contributed by atoms with Gasteiger partial charge in [0.2, 0.25) is 5.91 Å². The van der Waals surface area contributed by atoms with Crippen molar-refractivity contribution in [3.63, 3.8) is 0 Å². The first-order chi connectivity index (χ1) is 16.9. The van der Waals surface area contributed by atoms with E-state index in [0.29, 0.717) is 36.4 Å². The van der Waals surface area contributed by atoms with E-state index in [-0.39, 0.29) is 23.7 Å².